The van der Waals surface area contributed by atoms with Gasteiger partial charge in [0.25, 0.3) is 3.79 Å². The molecule has 336 valence electrons. The average Bonchev–Trinajstić information content (AvgIpc) is 3.18. The Morgan fingerprint density at radius 1 is 0.767 bits per heavy atom. The van der Waals surface area contributed by atoms with Crippen LogP contribution in [-0.4, -0.2) is 111 Å². The van der Waals surface area contributed by atoms with Crippen LogP contribution in [-0.2, 0) is 61.5 Å². The fraction of sp³-hybridized carbons (Fsp3) is 0.711. The Kier molecular flexibility index (Phi) is 20.6. The first kappa shape index (κ1) is 51.0. The molecule has 2 fully saturated rings. The number of halogens is 3. The van der Waals surface area contributed by atoms with Crippen LogP contribution in [0.1, 0.15) is 80.1 Å². The topological polar surface area (TPSA) is 233 Å². The van der Waals surface area contributed by atoms with Gasteiger partial charge in [-0.2, -0.15) is 0 Å². The van der Waals surface area contributed by atoms with Gasteiger partial charge in [0.2, 0.25) is 24.6 Å². The minimum Gasteiger partial charge on any atom is -0.483 e. The third-order valence-electron chi connectivity index (χ3n) is 9.62. The molecule has 1 aromatic carbocycles. The Morgan fingerprint density at radius 3 is 1.78 bits per heavy atom. The number of hydrogen-bond acceptors (Lipinski definition) is 16. The van der Waals surface area contributed by atoms with E-state index in [2.05, 4.69) is 30.8 Å². The number of nitrogens with zero attached hydrogens (tertiary/aromatic N) is 3. The van der Waals surface area contributed by atoms with Crippen LogP contribution in [0.5, 0.6) is 5.75 Å². The molecule has 2 heterocycles. The van der Waals surface area contributed by atoms with Crippen molar-refractivity contribution in [1.82, 2.24) is 0 Å². The molecule has 0 radical (unpaired) electrons. The molecule has 0 saturated carbocycles. The number of benzene rings is 1. The van der Waals surface area contributed by atoms with Crippen LogP contribution in [0.25, 0.3) is 10.4 Å². The number of alkyl halides is 3. The lowest BCUT2D eigenvalue weighted by atomic mass is 9.96. The van der Waals surface area contributed by atoms with Crippen molar-refractivity contribution in [3.8, 4) is 5.75 Å². The van der Waals surface area contributed by atoms with Crippen LogP contribution in [0.2, 0.25) is 18.1 Å². The van der Waals surface area contributed by atoms with Crippen molar-refractivity contribution < 1.29 is 66.2 Å². The molecule has 0 aliphatic carbocycles. The fourth-order valence-electron chi connectivity index (χ4n) is 6.94. The third-order valence-corrected chi connectivity index (χ3v) is 14.7. The van der Waals surface area contributed by atoms with Crippen LogP contribution in [0.4, 0.5) is 0 Å². The number of para-hydroxylation sites is 1. The molecule has 0 amide bonds. The van der Waals surface area contributed by atoms with Gasteiger partial charge in [0, 0.05) is 25.7 Å². The molecular weight excluding hydrogens is 871 g/mol. The normalized spacial score (nSPS) is 26.8. The molecule has 3 rings (SSSR count). The van der Waals surface area contributed by atoms with Gasteiger partial charge in [-0.15, -0.1) is 0 Å². The number of esters is 4. The maximum atomic E-state index is 13.6. The summed E-state index contributed by atoms with van der Waals surface area (Å²) in [5.74, 6) is -4.35. The van der Waals surface area contributed by atoms with E-state index in [0.29, 0.717) is 0 Å². The number of methoxy groups -OCH3 is 1. The van der Waals surface area contributed by atoms with E-state index in [0.717, 1.165) is 84.5 Å². The highest BCUT2D eigenvalue weighted by Crippen LogP contribution is 2.40. The zero-order valence-corrected chi connectivity index (χ0v) is 38.0. The molecule has 22 heteroatoms. The standard InChI is InChI=1S/C38H55Cl3N4O14Si/c1-8-11-19-60(20-12-9-2,21-13-10-3)59-32-27(51-22(4)46)26(44-45-43)34(57-36(32)53-24(6)48)55-28-29(54-25-17-15-14-16-18-25)31(52-23(5)47)35(56-30(28)33(49)50-7)58-37(42)38(39,40)41/h14-18,26-32,34-36,42H,8-13,19-21H2,1-7H3/t26-,27-,28-,29+,30+,31-,32+,34-,35+,36+/m1/s1. The second-order valence-electron chi connectivity index (χ2n) is 14.3. The molecule has 1 aromatic rings. The highest BCUT2D eigenvalue weighted by molar-refractivity contribution is 6.76. The maximum Gasteiger partial charge on any atom is 0.338 e. The summed E-state index contributed by atoms with van der Waals surface area (Å²) in [4.78, 5) is 54.9. The Hall–Kier alpha value is -3.39. The summed E-state index contributed by atoms with van der Waals surface area (Å²) in [6.07, 6.45) is -9.72. The molecule has 18 nitrogen and oxygen atoms in total. The first-order valence-electron chi connectivity index (χ1n) is 19.8. The molecule has 0 aromatic heterocycles. The van der Waals surface area contributed by atoms with Crippen molar-refractivity contribution in [3.63, 3.8) is 0 Å². The summed E-state index contributed by atoms with van der Waals surface area (Å²) < 4.78 is 57.7. The number of rotatable bonds is 21. The molecule has 0 unspecified atom stereocenters. The highest BCUT2D eigenvalue weighted by Gasteiger charge is 2.59. The molecule has 1 N–H and O–H groups in total. The predicted octanol–water partition coefficient (Wildman–Crippen LogP) is 7.60. The number of ether oxygens (including phenoxy) is 9. The van der Waals surface area contributed by atoms with E-state index < -0.39 is 103 Å². The average molecular weight is 926 g/mol. The van der Waals surface area contributed by atoms with Gasteiger partial charge in [0.15, 0.2) is 26.8 Å². The van der Waals surface area contributed by atoms with Crippen molar-refractivity contribution in [2.75, 3.05) is 7.11 Å². The zero-order valence-electron chi connectivity index (χ0n) is 34.7. The summed E-state index contributed by atoms with van der Waals surface area (Å²) in [7, 11) is -1.69. The van der Waals surface area contributed by atoms with Crippen LogP contribution < -0.4 is 4.74 Å². The van der Waals surface area contributed by atoms with Crippen LogP contribution >= 0.6 is 34.8 Å². The third kappa shape index (κ3) is 14.6. The number of unbranched alkanes of at least 4 members (excludes halogenated alkanes) is 3. The van der Waals surface area contributed by atoms with Crippen molar-refractivity contribution >= 4 is 72.9 Å². The van der Waals surface area contributed by atoms with E-state index in [4.69, 9.17) is 87.3 Å². The monoisotopic (exact) mass is 924 g/mol. The summed E-state index contributed by atoms with van der Waals surface area (Å²) in [6.45, 7) is 9.58. The summed E-state index contributed by atoms with van der Waals surface area (Å²) in [5.41, 5.74) is 9.96. The molecule has 60 heavy (non-hydrogen) atoms. The highest BCUT2D eigenvalue weighted by atomic mass is 35.6. The largest absolute Gasteiger partial charge is 0.483 e. The molecular formula is C38H55Cl3N4O14Si. The lowest BCUT2D eigenvalue weighted by Crippen LogP contribution is -2.68. The van der Waals surface area contributed by atoms with E-state index in [-0.39, 0.29) is 5.75 Å². The minimum atomic E-state index is -2.74. The zero-order chi connectivity index (χ0) is 44.6. The Morgan fingerprint density at radius 2 is 1.30 bits per heavy atom. The summed E-state index contributed by atoms with van der Waals surface area (Å²) >= 11 is 17.7. The number of azide groups is 1. The van der Waals surface area contributed by atoms with Crippen molar-refractivity contribution in [3.05, 3.63) is 40.8 Å². The van der Waals surface area contributed by atoms with E-state index in [1.165, 1.54) is 0 Å². The summed E-state index contributed by atoms with van der Waals surface area (Å²) in [5, 5.41) is 12.2. The van der Waals surface area contributed by atoms with Gasteiger partial charge in [0.05, 0.1) is 7.11 Å². The lowest BCUT2D eigenvalue weighted by molar-refractivity contribution is -0.350. The van der Waals surface area contributed by atoms with Crippen molar-refractivity contribution in [2.24, 2.45) is 5.11 Å². The van der Waals surface area contributed by atoms with Crippen LogP contribution in [0.3, 0.4) is 0 Å². The Bertz CT molecular complexity index is 1620. The van der Waals surface area contributed by atoms with Gasteiger partial charge in [-0.3, -0.25) is 19.8 Å². The molecule has 0 bridgehead atoms. The van der Waals surface area contributed by atoms with Crippen molar-refractivity contribution in [2.45, 2.75) is 164 Å². The predicted molar refractivity (Wildman–Crippen MR) is 220 cm³/mol. The van der Waals surface area contributed by atoms with Gasteiger partial charge >= 0.3 is 23.9 Å². The molecule has 2 aliphatic heterocycles. The van der Waals surface area contributed by atoms with Gasteiger partial charge in [-0.05, 0) is 35.8 Å². The quantitative estimate of drug-likeness (QED) is 0.0144. The minimum absolute atomic E-state index is 0.168. The lowest BCUT2D eigenvalue weighted by Gasteiger charge is -2.49. The Labute approximate surface area is 365 Å². The summed E-state index contributed by atoms with van der Waals surface area (Å²) in [6, 6.07) is 8.75. The van der Waals surface area contributed by atoms with Gasteiger partial charge in [0.1, 0.15) is 30.1 Å². The molecule has 2 saturated heterocycles. The Balaban J connectivity index is 2.27. The van der Waals surface area contributed by atoms with Gasteiger partial charge < -0.3 is 47.1 Å². The number of carbonyl (C=O) groups is 4. The molecule has 10 atom stereocenters. The molecule has 2 aliphatic rings. The maximum absolute atomic E-state index is 13.6. The van der Waals surface area contributed by atoms with E-state index >= 15 is 0 Å². The SMILES string of the molecule is CCCC[Si](CCCC)(CCCC)O[C@@H]1[C@@H](OC(C)=O)O[C@@H](O[C@@H]2[C@H](Oc3ccccc3)[C@@H](OC(C)=O)[C@H](OC(=N)C(Cl)(Cl)Cl)O[C@@H]2C(=O)OC)[C@H](N=[N+]=[N-])[C@H]1OC(C)=O. The van der Waals surface area contributed by atoms with Crippen LogP contribution in [0, 0.1) is 5.41 Å². The second kappa shape index (κ2) is 24.3. The number of hydrogen-bond donors (Lipinski definition) is 1. The van der Waals surface area contributed by atoms with E-state index in [1.807, 2.05) is 0 Å². The molecule has 0 spiro atoms. The smallest absolute Gasteiger partial charge is 0.338 e. The first-order chi connectivity index (χ1) is 28.4. The van der Waals surface area contributed by atoms with E-state index in [1.54, 1.807) is 30.3 Å². The number of carbonyl (C=O) groups excluding carboxylic acids is 4. The van der Waals surface area contributed by atoms with Crippen molar-refractivity contribution in [1.29, 1.82) is 5.41 Å². The van der Waals surface area contributed by atoms with Gasteiger partial charge in [-0.25, -0.2) is 4.79 Å². The van der Waals surface area contributed by atoms with E-state index in [9.17, 15) is 24.7 Å². The van der Waals surface area contributed by atoms with Gasteiger partial charge in [-0.1, -0.05) is 117 Å². The fourth-order valence-corrected chi connectivity index (χ4v) is 12.0. The second-order valence-corrected chi connectivity index (χ2v) is 20.7. The first-order valence-corrected chi connectivity index (χ1v) is 23.4. The number of nitrogens with one attached hydrogen (secondary N) is 1. The van der Waals surface area contributed by atoms with Crippen LogP contribution in [0.15, 0.2) is 35.4 Å².